The van der Waals surface area contributed by atoms with Gasteiger partial charge in [-0.25, -0.2) is 4.39 Å². The van der Waals surface area contributed by atoms with Gasteiger partial charge < -0.3 is 9.26 Å². The van der Waals surface area contributed by atoms with Crippen molar-refractivity contribution in [2.75, 3.05) is 4.90 Å². The van der Waals surface area contributed by atoms with Crippen molar-refractivity contribution in [2.24, 2.45) is 0 Å². The van der Waals surface area contributed by atoms with Gasteiger partial charge in [0.15, 0.2) is 6.10 Å². The fourth-order valence-corrected chi connectivity index (χ4v) is 2.88. The average Bonchev–Trinajstić information content (AvgIpc) is 3.10. The van der Waals surface area contributed by atoms with E-state index in [1.54, 1.807) is 36.9 Å². The van der Waals surface area contributed by atoms with Crippen LogP contribution in [0.3, 0.4) is 0 Å². The standard InChI is InChI=1S/C19H16FN3O3/c1-11-9-13(7-8-14(11)20)18-21-17(26-22-18)10-23-15-5-3-4-6-16(15)25-12(2)19(23)24/h3-9,12H,10H2,1-2H3. The third-order valence-electron chi connectivity index (χ3n) is 4.25. The van der Waals surface area contributed by atoms with Crippen LogP contribution >= 0.6 is 0 Å². The number of aromatic nitrogens is 2. The summed E-state index contributed by atoms with van der Waals surface area (Å²) in [4.78, 5) is 18.4. The number of anilines is 1. The largest absolute Gasteiger partial charge is 0.479 e. The van der Waals surface area contributed by atoms with Crippen LogP contribution < -0.4 is 9.64 Å². The smallest absolute Gasteiger partial charge is 0.268 e. The summed E-state index contributed by atoms with van der Waals surface area (Å²) in [6.07, 6.45) is -0.591. The molecule has 0 fully saturated rings. The second-order valence-corrected chi connectivity index (χ2v) is 6.13. The lowest BCUT2D eigenvalue weighted by Crippen LogP contribution is -2.44. The summed E-state index contributed by atoms with van der Waals surface area (Å²) < 4.78 is 24.3. The summed E-state index contributed by atoms with van der Waals surface area (Å²) in [6, 6.07) is 11.9. The van der Waals surface area contributed by atoms with Gasteiger partial charge in [0.1, 0.15) is 18.1 Å². The quantitative estimate of drug-likeness (QED) is 0.721. The molecule has 26 heavy (non-hydrogen) atoms. The van der Waals surface area contributed by atoms with E-state index >= 15 is 0 Å². The van der Waals surface area contributed by atoms with Crippen LogP contribution in [0.25, 0.3) is 11.4 Å². The van der Waals surface area contributed by atoms with Crippen LogP contribution in [0.2, 0.25) is 0 Å². The van der Waals surface area contributed by atoms with E-state index in [0.717, 1.165) is 0 Å². The minimum Gasteiger partial charge on any atom is -0.479 e. The van der Waals surface area contributed by atoms with E-state index in [-0.39, 0.29) is 18.3 Å². The highest BCUT2D eigenvalue weighted by molar-refractivity contribution is 5.99. The number of halogens is 1. The summed E-state index contributed by atoms with van der Waals surface area (Å²) in [6.45, 7) is 3.51. The van der Waals surface area contributed by atoms with E-state index in [1.807, 2.05) is 18.2 Å². The summed E-state index contributed by atoms with van der Waals surface area (Å²) in [5.74, 6) is 0.806. The van der Waals surface area contributed by atoms with Crippen molar-refractivity contribution in [3.63, 3.8) is 0 Å². The van der Waals surface area contributed by atoms with Gasteiger partial charge in [-0.3, -0.25) is 9.69 Å². The molecule has 7 heteroatoms. The molecule has 1 unspecified atom stereocenters. The highest BCUT2D eigenvalue weighted by Gasteiger charge is 2.32. The number of ether oxygens (including phenoxy) is 1. The fraction of sp³-hybridized carbons (Fsp3) is 0.211. The molecule has 1 atom stereocenters. The number of carbonyl (C=O) groups is 1. The molecule has 132 valence electrons. The Morgan fingerprint density at radius 1 is 1.23 bits per heavy atom. The van der Waals surface area contributed by atoms with Crippen LogP contribution in [0.1, 0.15) is 18.4 Å². The van der Waals surface area contributed by atoms with Gasteiger partial charge in [0.2, 0.25) is 11.7 Å². The van der Waals surface area contributed by atoms with Crippen molar-refractivity contribution in [3.8, 4) is 17.1 Å². The third-order valence-corrected chi connectivity index (χ3v) is 4.25. The molecule has 2 aromatic carbocycles. The number of rotatable bonds is 3. The Bertz CT molecular complexity index is 986. The van der Waals surface area contributed by atoms with Gasteiger partial charge in [-0.15, -0.1) is 0 Å². The minimum atomic E-state index is -0.591. The van der Waals surface area contributed by atoms with Crippen molar-refractivity contribution in [1.82, 2.24) is 10.1 Å². The van der Waals surface area contributed by atoms with E-state index in [9.17, 15) is 9.18 Å². The molecule has 0 saturated carbocycles. The van der Waals surface area contributed by atoms with Gasteiger partial charge >= 0.3 is 0 Å². The number of benzene rings is 2. The molecule has 4 rings (SSSR count). The maximum atomic E-state index is 13.4. The van der Waals surface area contributed by atoms with Gasteiger partial charge in [-0.05, 0) is 49.7 Å². The molecule has 0 saturated heterocycles. The van der Waals surface area contributed by atoms with Crippen LogP contribution in [0.4, 0.5) is 10.1 Å². The number of fused-ring (bicyclic) bond motifs is 1. The Balaban J connectivity index is 1.63. The highest BCUT2D eigenvalue weighted by Crippen LogP contribution is 2.34. The average molecular weight is 353 g/mol. The van der Waals surface area contributed by atoms with Crippen LogP contribution in [0, 0.1) is 12.7 Å². The van der Waals surface area contributed by atoms with Crippen LogP contribution in [-0.4, -0.2) is 22.2 Å². The van der Waals surface area contributed by atoms with Gasteiger partial charge in [0.25, 0.3) is 5.91 Å². The molecular formula is C19H16FN3O3. The first-order valence-corrected chi connectivity index (χ1v) is 8.19. The molecule has 0 bridgehead atoms. The number of amides is 1. The maximum absolute atomic E-state index is 13.4. The molecule has 0 aliphatic carbocycles. The zero-order chi connectivity index (χ0) is 18.3. The molecule has 6 nitrogen and oxygen atoms in total. The number of nitrogens with zero attached hydrogens (tertiary/aromatic N) is 3. The Morgan fingerprint density at radius 3 is 2.85 bits per heavy atom. The molecule has 1 aromatic heterocycles. The van der Waals surface area contributed by atoms with Crippen LogP contribution in [0.5, 0.6) is 5.75 Å². The third kappa shape index (κ3) is 2.81. The van der Waals surface area contributed by atoms with Crippen molar-refractivity contribution < 1.29 is 18.4 Å². The normalized spacial score (nSPS) is 16.3. The number of para-hydroxylation sites is 2. The van der Waals surface area contributed by atoms with Crippen molar-refractivity contribution in [2.45, 2.75) is 26.5 Å². The topological polar surface area (TPSA) is 68.5 Å². The second-order valence-electron chi connectivity index (χ2n) is 6.13. The lowest BCUT2D eigenvalue weighted by Gasteiger charge is -2.31. The van der Waals surface area contributed by atoms with Gasteiger partial charge in [-0.1, -0.05) is 17.3 Å². The Morgan fingerprint density at radius 2 is 2.04 bits per heavy atom. The van der Waals surface area contributed by atoms with E-state index in [2.05, 4.69) is 10.1 Å². The van der Waals surface area contributed by atoms with E-state index < -0.39 is 6.10 Å². The fourth-order valence-electron chi connectivity index (χ4n) is 2.88. The summed E-state index contributed by atoms with van der Waals surface area (Å²) in [5.41, 5.74) is 1.81. The van der Waals surface area contributed by atoms with Crippen LogP contribution in [-0.2, 0) is 11.3 Å². The van der Waals surface area contributed by atoms with Gasteiger partial charge in [0, 0.05) is 5.56 Å². The molecule has 1 aliphatic rings. The summed E-state index contributed by atoms with van der Waals surface area (Å²) in [7, 11) is 0. The molecule has 0 N–H and O–H groups in total. The maximum Gasteiger partial charge on any atom is 0.268 e. The molecule has 1 amide bonds. The zero-order valence-electron chi connectivity index (χ0n) is 14.3. The SMILES string of the molecule is Cc1cc(-c2noc(CN3C(=O)C(C)Oc4ccccc43)n2)ccc1F. The van der Waals surface area contributed by atoms with Gasteiger partial charge in [0.05, 0.1) is 5.69 Å². The van der Waals surface area contributed by atoms with E-state index in [1.165, 1.54) is 6.07 Å². The minimum absolute atomic E-state index is 0.136. The van der Waals surface area contributed by atoms with Crippen LogP contribution in [0.15, 0.2) is 47.0 Å². The van der Waals surface area contributed by atoms with Crippen molar-refractivity contribution in [3.05, 3.63) is 59.7 Å². The summed E-state index contributed by atoms with van der Waals surface area (Å²) >= 11 is 0. The van der Waals surface area contributed by atoms with E-state index in [4.69, 9.17) is 9.26 Å². The number of aryl methyl sites for hydroxylation is 1. The first-order chi connectivity index (χ1) is 12.5. The zero-order valence-corrected chi connectivity index (χ0v) is 14.3. The monoisotopic (exact) mass is 353 g/mol. The predicted octanol–water partition coefficient (Wildman–Crippen LogP) is 3.50. The Hall–Kier alpha value is -3.22. The molecule has 0 radical (unpaired) electrons. The molecular weight excluding hydrogens is 337 g/mol. The predicted molar refractivity (Wildman–Crippen MR) is 92.2 cm³/mol. The summed E-state index contributed by atoms with van der Waals surface area (Å²) in [5, 5.41) is 3.94. The molecule has 0 spiro atoms. The lowest BCUT2D eigenvalue weighted by atomic mass is 10.1. The molecule has 1 aliphatic heterocycles. The molecule has 2 heterocycles. The van der Waals surface area contributed by atoms with E-state index in [0.29, 0.717) is 34.3 Å². The van der Waals surface area contributed by atoms with Gasteiger partial charge in [-0.2, -0.15) is 4.98 Å². The molecule has 3 aromatic rings. The van der Waals surface area contributed by atoms with Crippen molar-refractivity contribution in [1.29, 1.82) is 0 Å². The second kappa shape index (κ2) is 6.25. The lowest BCUT2D eigenvalue weighted by molar-refractivity contribution is -0.125. The number of hydrogen-bond acceptors (Lipinski definition) is 5. The first-order valence-electron chi connectivity index (χ1n) is 8.19. The number of hydrogen-bond donors (Lipinski definition) is 0. The highest BCUT2D eigenvalue weighted by atomic mass is 19.1. The first kappa shape index (κ1) is 16.3. The van der Waals surface area contributed by atoms with Crippen molar-refractivity contribution >= 4 is 11.6 Å². The number of carbonyl (C=O) groups excluding carboxylic acids is 1. The Kier molecular flexibility index (Phi) is 3.91. The Labute approximate surface area is 149 Å².